The lowest BCUT2D eigenvalue weighted by atomic mass is 10.1. The number of anilines is 1. The molecule has 0 spiro atoms. The van der Waals surface area contributed by atoms with Gasteiger partial charge in [-0.1, -0.05) is 16.9 Å². The van der Waals surface area contributed by atoms with Crippen LogP contribution in [-0.4, -0.2) is 39.3 Å². The summed E-state index contributed by atoms with van der Waals surface area (Å²) in [5.74, 6) is 0.696. The SMILES string of the molecule is CNC(C)C(C)=Cc1sc(N(C)C)nc1OC. The Hall–Kier alpha value is -1.07. The first-order chi connectivity index (χ1) is 7.99. The highest BCUT2D eigenvalue weighted by molar-refractivity contribution is 7.16. The number of hydrogen-bond acceptors (Lipinski definition) is 5. The van der Waals surface area contributed by atoms with E-state index in [4.69, 9.17) is 4.74 Å². The Morgan fingerprint density at radius 1 is 1.53 bits per heavy atom. The fourth-order valence-corrected chi connectivity index (χ4v) is 2.26. The normalized spacial score (nSPS) is 13.6. The average Bonchev–Trinajstić information content (AvgIpc) is 2.71. The van der Waals surface area contributed by atoms with Gasteiger partial charge in [0.15, 0.2) is 5.13 Å². The van der Waals surface area contributed by atoms with Gasteiger partial charge in [-0.05, 0) is 27.0 Å². The maximum Gasteiger partial charge on any atom is 0.233 e. The van der Waals surface area contributed by atoms with Crippen molar-refractivity contribution in [3.05, 3.63) is 10.5 Å². The molecule has 1 rings (SSSR count). The van der Waals surface area contributed by atoms with Crippen molar-refractivity contribution in [2.45, 2.75) is 19.9 Å². The number of nitrogens with one attached hydrogen (secondary N) is 1. The summed E-state index contributed by atoms with van der Waals surface area (Å²) >= 11 is 1.63. The van der Waals surface area contributed by atoms with Gasteiger partial charge in [-0.15, -0.1) is 0 Å². The predicted octanol–water partition coefficient (Wildman–Crippen LogP) is 2.23. The van der Waals surface area contributed by atoms with E-state index in [0.29, 0.717) is 11.9 Å². The minimum atomic E-state index is 0.351. The second-order valence-electron chi connectivity index (χ2n) is 4.16. The molecule has 0 amide bonds. The van der Waals surface area contributed by atoms with Crippen molar-refractivity contribution in [1.82, 2.24) is 10.3 Å². The monoisotopic (exact) mass is 255 g/mol. The molecule has 0 bridgehead atoms. The fourth-order valence-electron chi connectivity index (χ4n) is 1.29. The highest BCUT2D eigenvalue weighted by Gasteiger charge is 2.12. The predicted molar refractivity (Wildman–Crippen MR) is 75.2 cm³/mol. The molecule has 0 aliphatic heterocycles. The first kappa shape index (κ1) is 14.0. The topological polar surface area (TPSA) is 37.4 Å². The summed E-state index contributed by atoms with van der Waals surface area (Å²) in [6, 6.07) is 0.351. The summed E-state index contributed by atoms with van der Waals surface area (Å²) in [4.78, 5) is 7.48. The van der Waals surface area contributed by atoms with Gasteiger partial charge in [0.1, 0.15) is 0 Å². The van der Waals surface area contributed by atoms with Crippen molar-refractivity contribution in [2.24, 2.45) is 0 Å². The third kappa shape index (κ3) is 3.44. The van der Waals surface area contributed by atoms with Crippen LogP contribution >= 0.6 is 11.3 Å². The van der Waals surface area contributed by atoms with E-state index in [1.807, 2.05) is 26.0 Å². The quantitative estimate of drug-likeness (QED) is 0.875. The second-order valence-corrected chi connectivity index (χ2v) is 5.17. The molecule has 0 fully saturated rings. The highest BCUT2D eigenvalue weighted by atomic mass is 32.1. The zero-order chi connectivity index (χ0) is 13.0. The van der Waals surface area contributed by atoms with E-state index in [9.17, 15) is 0 Å². The van der Waals surface area contributed by atoms with Crippen LogP contribution in [0.2, 0.25) is 0 Å². The Balaban J connectivity index is 3.04. The van der Waals surface area contributed by atoms with Crippen molar-refractivity contribution >= 4 is 22.5 Å². The first-order valence-corrected chi connectivity index (χ1v) is 6.38. The van der Waals surface area contributed by atoms with E-state index in [1.54, 1.807) is 18.4 Å². The molecule has 1 heterocycles. The average molecular weight is 255 g/mol. The number of nitrogens with zero attached hydrogens (tertiary/aromatic N) is 2. The zero-order valence-corrected chi connectivity index (χ0v) is 12.2. The van der Waals surface area contributed by atoms with Crippen molar-refractivity contribution in [2.75, 3.05) is 33.2 Å². The summed E-state index contributed by atoms with van der Waals surface area (Å²) < 4.78 is 5.30. The highest BCUT2D eigenvalue weighted by Crippen LogP contribution is 2.32. The molecule has 4 nitrogen and oxygen atoms in total. The van der Waals surface area contributed by atoms with E-state index in [1.165, 1.54) is 5.57 Å². The summed E-state index contributed by atoms with van der Waals surface area (Å²) in [6.07, 6.45) is 2.13. The van der Waals surface area contributed by atoms with Gasteiger partial charge in [0.2, 0.25) is 5.88 Å². The van der Waals surface area contributed by atoms with Gasteiger partial charge in [-0.25, -0.2) is 0 Å². The van der Waals surface area contributed by atoms with Crippen LogP contribution in [0, 0.1) is 0 Å². The Morgan fingerprint density at radius 2 is 2.18 bits per heavy atom. The molecule has 17 heavy (non-hydrogen) atoms. The van der Waals surface area contributed by atoms with E-state index in [0.717, 1.165) is 10.0 Å². The minimum Gasteiger partial charge on any atom is -0.480 e. The number of hydrogen-bond donors (Lipinski definition) is 1. The van der Waals surface area contributed by atoms with E-state index in [2.05, 4.69) is 30.2 Å². The van der Waals surface area contributed by atoms with Crippen LogP contribution in [0.5, 0.6) is 5.88 Å². The summed E-state index contributed by atoms with van der Waals surface area (Å²) in [7, 11) is 7.57. The van der Waals surface area contributed by atoms with Crippen LogP contribution < -0.4 is 15.0 Å². The molecule has 1 aromatic heterocycles. The number of thiazole rings is 1. The Morgan fingerprint density at radius 3 is 2.65 bits per heavy atom. The Kier molecular flexibility index (Phi) is 4.96. The number of likely N-dealkylation sites (N-methyl/N-ethyl adjacent to an activating group) is 1. The number of methoxy groups -OCH3 is 1. The molecule has 0 saturated heterocycles. The molecule has 0 saturated carbocycles. The minimum absolute atomic E-state index is 0.351. The molecule has 1 N–H and O–H groups in total. The molecule has 1 aromatic rings. The van der Waals surface area contributed by atoms with Crippen LogP contribution in [0.15, 0.2) is 5.57 Å². The standard InChI is InChI=1S/C12H21N3OS/c1-8(9(2)13-3)7-10-11(16-6)14-12(17-10)15(4)5/h7,9,13H,1-6H3. The van der Waals surface area contributed by atoms with Gasteiger partial charge >= 0.3 is 0 Å². The van der Waals surface area contributed by atoms with Crippen molar-refractivity contribution in [1.29, 1.82) is 0 Å². The summed E-state index contributed by atoms with van der Waals surface area (Å²) in [6.45, 7) is 4.24. The maximum atomic E-state index is 5.30. The molecule has 0 radical (unpaired) electrons. The number of aromatic nitrogens is 1. The second kappa shape index (κ2) is 6.02. The zero-order valence-electron chi connectivity index (χ0n) is 11.4. The Bertz CT molecular complexity index is 398. The Labute approximate surface area is 107 Å². The van der Waals surface area contributed by atoms with E-state index >= 15 is 0 Å². The molecule has 1 unspecified atom stereocenters. The molecular formula is C12H21N3OS. The lowest BCUT2D eigenvalue weighted by molar-refractivity contribution is 0.400. The van der Waals surface area contributed by atoms with Crippen molar-refractivity contribution < 1.29 is 4.74 Å². The van der Waals surface area contributed by atoms with Crippen LogP contribution in [0.4, 0.5) is 5.13 Å². The molecule has 0 aliphatic carbocycles. The van der Waals surface area contributed by atoms with Gasteiger partial charge in [-0.3, -0.25) is 0 Å². The summed E-state index contributed by atoms with van der Waals surface area (Å²) in [5.41, 5.74) is 1.26. The molecule has 1 atom stereocenters. The van der Waals surface area contributed by atoms with Crippen molar-refractivity contribution in [3.63, 3.8) is 0 Å². The third-order valence-corrected chi connectivity index (χ3v) is 3.81. The third-order valence-electron chi connectivity index (χ3n) is 2.66. The number of ether oxygens (including phenoxy) is 1. The van der Waals surface area contributed by atoms with Gasteiger partial charge < -0.3 is 15.0 Å². The van der Waals surface area contributed by atoms with Crippen LogP contribution in [0.1, 0.15) is 18.7 Å². The molecule has 5 heteroatoms. The molecule has 0 aromatic carbocycles. The molecule has 96 valence electrons. The lowest BCUT2D eigenvalue weighted by Crippen LogP contribution is -2.21. The van der Waals surface area contributed by atoms with Gasteiger partial charge in [0, 0.05) is 20.1 Å². The van der Waals surface area contributed by atoms with E-state index < -0.39 is 0 Å². The summed E-state index contributed by atoms with van der Waals surface area (Å²) in [5, 5.41) is 4.17. The van der Waals surface area contributed by atoms with E-state index in [-0.39, 0.29) is 0 Å². The van der Waals surface area contributed by atoms with Crippen LogP contribution in [-0.2, 0) is 0 Å². The first-order valence-electron chi connectivity index (χ1n) is 5.57. The van der Waals surface area contributed by atoms with Gasteiger partial charge in [0.05, 0.1) is 12.0 Å². The van der Waals surface area contributed by atoms with Crippen molar-refractivity contribution in [3.8, 4) is 5.88 Å². The maximum absolute atomic E-state index is 5.30. The molecular weight excluding hydrogens is 234 g/mol. The van der Waals surface area contributed by atoms with Crippen LogP contribution in [0.25, 0.3) is 6.08 Å². The fraction of sp³-hybridized carbons (Fsp3) is 0.583. The van der Waals surface area contributed by atoms with Crippen LogP contribution in [0.3, 0.4) is 0 Å². The number of rotatable bonds is 5. The largest absolute Gasteiger partial charge is 0.480 e. The lowest BCUT2D eigenvalue weighted by Gasteiger charge is -2.10. The van der Waals surface area contributed by atoms with Gasteiger partial charge in [-0.2, -0.15) is 4.98 Å². The van der Waals surface area contributed by atoms with Gasteiger partial charge in [0.25, 0.3) is 0 Å². The smallest absolute Gasteiger partial charge is 0.233 e. The molecule has 0 aliphatic rings.